The van der Waals surface area contributed by atoms with Gasteiger partial charge in [-0.1, -0.05) is 12.1 Å². The lowest BCUT2D eigenvalue weighted by molar-refractivity contribution is 0.131. The first-order chi connectivity index (χ1) is 16.4. The number of nitrogens with one attached hydrogen (secondary N) is 1. The van der Waals surface area contributed by atoms with E-state index >= 15 is 4.39 Å². The number of ether oxygens (including phenoxy) is 1. The van der Waals surface area contributed by atoms with Gasteiger partial charge in [0.25, 0.3) is 5.56 Å². The molecule has 9 nitrogen and oxygen atoms in total. The van der Waals surface area contributed by atoms with E-state index in [2.05, 4.69) is 15.0 Å². The molecule has 11 heteroatoms. The molecule has 186 valence electrons. The molecule has 0 radical (unpaired) electrons. The standard InChI is InChI=1S/C24H28FN7O2.ClH/c1-3-32-11-14-4-5-15(19(25)20(14)29-32)16-10-27-21-18(16)22(33)30(2)23(28-21)31-8-6-24(7-9-31)13-34-12-17(24)26;/h4-5,10-11,17,27H,3,6-9,12-13,26H2,1-2H3;1H/t17-;/m1./s1. The van der Waals surface area contributed by atoms with Crippen LogP contribution in [0.3, 0.4) is 0 Å². The van der Waals surface area contributed by atoms with Gasteiger partial charge in [-0.15, -0.1) is 12.4 Å². The maximum absolute atomic E-state index is 15.4. The molecule has 1 aromatic carbocycles. The molecule has 2 saturated heterocycles. The summed E-state index contributed by atoms with van der Waals surface area (Å²) in [6, 6.07) is 3.58. The molecular formula is C24H29ClFN7O2. The minimum atomic E-state index is -0.437. The molecule has 6 rings (SSSR count). The second kappa shape index (κ2) is 8.61. The van der Waals surface area contributed by atoms with Gasteiger partial charge in [0, 0.05) is 67.0 Å². The number of aromatic nitrogens is 5. The number of rotatable bonds is 3. The zero-order valence-electron chi connectivity index (χ0n) is 19.8. The van der Waals surface area contributed by atoms with Gasteiger partial charge in [0.2, 0.25) is 5.95 Å². The van der Waals surface area contributed by atoms with Gasteiger partial charge in [-0.2, -0.15) is 10.1 Å². The minimum absolute atomic E-state index is 0. The Kier molecular flexibility index (Phi) is 5.85. The number of fused-ring (bicyclic) bond motifs is 2. The number of aromatic amines is 1. The van der Waals surface area contributed by atoms with Gasteiger partial charge in [0.15, 0.2) is 5.82 Å². The smallest absolute Gasteiger partial charge is 0.264 e. The number of hydrogen-bond acceptors (Lipinski definition) is 6. The fourth-order valence-corrected chi connectivity index (χ4v) is 5.46. The van der Waals surface area contributed by atoms with Gasteiger partial charge in [-0.25, -0.2) is 4.39 Å². The molecule has 0 amide bonds. The van der Waals surface area contributed by atoms with Crippen LogP contribution in [0.1, 0.15) is 19.8 Å². The molecule has 5 heterocycles. The lowest BCUT2D eigenvalue weighted by Gasteiger charge is -2.41. The monoisotopic (exact) mass is 501 g/mol. The highest BCUT2D eigenvalue weighted by Gasteiger charge is 2.44. The first-order valence-electron chi connectivity index (χ1n) is 11.7. The Morgan fingerprint density at radius 1 is 1.29 bits per heavy atom. The number of benzene rings is 1. The molecule has 2 fully saturated rings. The first kappa shape index (κ1) is 23.8. The highest BCUT2D eigenvalue weighted by molar-refractivity contribution is 5.96. The summed E-state index contributed by atoms with van der Waals surface area (Å²) in [6.07, 6.45) is 5.27. The number of hydrogen-bond donors (Lipinski definition) is 2. The van der Waals surface area contributed by atoms with Crippen molar-refractivity contribution in [1.82, 2.24) is 24.3 Å². The van der Waals surface area contributed by atoms with Crippen LogP contribution in [0.5, 0.6) is 0 Å². The van der Waals surface area contributed by atoms with E-state index in [1.807, 2.05) is 19.2 Å². The Labute approximate surface area is 207 Å². The lowest BCUT2D eigenvalue weighted by Crippen LogP contribution is -2.50. The number of anilines is 1. The molecule has 3 N–H and O–H groups in total. The summed E-state index contributed by atoms with van der Waals surface area (Å²) in [4.78, 5) is 23.5. The fraction of sp³-hybridized carbons (Fsp3) is 0.458. The summed E-state index contributed by atoms with van der Waals surface area (Å²) in [7, 11) is 1.72. The molecule has 35 heavy (non-hydrogen) atoms. The summed E-state index contributed by atoms with van der Waals surface area (Å²) in [6.45, 7) is 5.41. The summed E-state index contributed by atoms with van der Waals surface area (Å²) >= 11 is 0. The second-order valence-corrected chi connectivity index (χ2v) is 9.52. The maximum atomic E-state index is 15.4. The summed E-state index contributed by atoms with van der Waals surface area (Å²) in [5.74, 6) is 0.166. The SMILES string of the molecule is CCn1cc2ccc(-c3c[nH]c4nc(N5CCC6(CC5)COC[C@H]6N)n(C)c(=O)c34)c(F)c2n1.Cl. The van der Waals surface area contributed by atoms with Crippen LogP contribution < -0.4 is 16.2 Å². The third kappa shape index (κ3) is 3.54. The highest BCUT2D eigenvalue weighted by atomic mass is 35.5. The molecule has 2 aliphatic heterocycles. The number of nitrogens with two attached hydrogens (primary N) is 1. The molecule has 3 aromatic heterocycles. The van der Waals surface area contributed by atoms with Crippen molar-refractivity contribution in [3.63, 3.8) is 0 Å². The zero-order chi connectivity index (χ0) is 23.6. The van der Waals surface area contributed by atoms with Crippen LogP contribution in [0.15, 0.2) is 29.3 Å². The van der Waals surface area contributed by atoms with Crippen molar-refractivity contribution in [3.05, 3.63) is 40.7 Å². The number of halogens is 2. The van der Waals surface area contributed by atoms with E-state index in [1.165, 1.54) is 0 Å². The molecule has 1 spiro atoms. The van der Waals surface area contributed by atoms with Crippen LogP contribution in [0.4, 0.5) is 10.3 Å². The molecule has 1 atom stereocenters. The number of H-pyrrole nitrogens is 1. The van der Waals surface area contributed by atoms with Crippen molar-refractivity contribution < 1.29 is 9.13 Å². The van der Waals surface area contributed by atoms with Crippen molar-refractivity contribution in [2.24, 2.45) is 18.2 Å². The fourth-order valence-electron chi connectivity index (χ4n) is 5.46. The van der Waals surface area contributed by atoms with E-state index in [9.17, 15) is 4.79 Å². The third-order valence-corrected chi connectivity index (χ3v) is 7.68. The Balaban J connectivity index is 0.00000253. The van der Waals surface area contributed by atoms with E-state index < -0.39 is 5.82 Å². The predicted molar refractivity (Wildman–Crippen MR) is 136 cm³/mol. The minimum Gasteiger partial charge on any atom is -0.379 e. The van der Waals surface area contributed by atoms with Gasteiger partial charge in [0.1, 0.15) is 11.2 Å². The maximum Gasteiger partial charge on any atom is 0.264 e. The molecule has 0 bridgehead atoms. The van der Waals surface area contributed by atoms with E-state index in [-0.39, 0.29) is 29.4 Å². The topological polar surface area (TPSA) is 107 Å². The summed E-state index contributed by atoms with van der Waals surface area (Å²) in [5.41, 5.74) is 7.69. The van der Waals surface area contributed by atoms with Gasteiger partial charge >= 0.3 is 0 Å². The zero-order valence-corrected chi connectivity index (χ0v) is 20.6. The molecular weight excluding hydrogens is 473 g/mol. The van der Waals surface area contributed by atoms with Crippen molar-refractivity contribution in [1.29, 1.82) is 0 Å². The molecule has 0 saturated carbocycles. The Hall–Kier alpha value is -2.95. The van der Waals surface area contributed by atoms with Crippen LogP contribution in [0, 0.1) is 11.2 Å². The summed E-state index contributed by atoms with van der Waals surface area (Å²) in [5, 5.41) is 5.44. The van der Waals surface area contributed by atoms with Crippen LogP contribution in [-0.2, 0) is 18.3 Å². The van der Waals surface area contributed by atoms with Gasteiger partial charge in [0.05, 0.1) is 18.6 Å². The number of aryl methyl sites for hydroxylation is 1. The molecule has 4 aromatic rings. The quantitative estimate of drug-likeness (QED) is 0.447. The van der Waals surface area contributed by atoms with Crippen molar-refractivity contribution >= 4 is 40.3 Å². The average molecular weight is 502 g/mol. The van der Waals surface area contributed by atoms with E-state index in [0.29, 0.717) is 53.4 Å². The predicted octanol–water partition coefficient (Wildman–Crippen LogP) is 2.80. The third-order valence-electron chi connectivity index (χ3n) is 7.68. The largest absolute Gasteiger partial charge is 0.379 e. The number of piperidine rings is 1. The lowest BCUT2D eigenvalue weighted by atomic mass is 9.75. The van der Waals surface area contributed by atoms with E-state index in [1.54, 1.807) is 28.6 Å². The molecule has 2 aliphatic rings. The van der Waals surface area contributed by atoms with E-state index in [0.717, 1.165) is 31.3 Å². The number of nitrogens with zero attached hydrogens (tertiary/aromatic N) is 5. The van der Waals surface area contributed by atoms with Gasteiger partial charge in [-0.05, 0) is 19.8 Å². The first-order valence-corrected chi connectivity index (χ1v) is 11.7. The van der Waals surface area contributed by atoms with Crippen LogP contribution in [-0.4, -0.2) is 56.7 Å². The van der Waals surface area contributed by atoms with Crippen molar-refractivity contribution in [2.45, 2.75) is 32.4 Å². The van der Waals surface area contributed by atoms with Gasteiger partial charge in [-0.3, -0.25) is 14.0 Å². The van der Waals surface area contributed by atoms with Crippen molar-refractivity contribution in [3.8, 4) is 11.1 Å². The van der Waals surface area contributed by atoms with Gasteiger partial charge < -0.3 is 20.4 Å². The van der Waals surface area contributed by atoms with Crippen LogP contribution in [0.2, 0.25) is 0 Å². The van der Waals surface area contributed by atoms with Crippen LogP contribution in [0.25, 0.3) is 33.1 Å². The van der Waals surface area contributed by atoms with Crippen LogP contribution >= 0.6 is 12.4 Å². The highest BCUT2D eigenvalue weighted by Crippen LogP contribution is 2.39. The Morgan fingerprint density at radius 2 is 2.06 bits per heavy atom. The Morgan fingerprint density at radius 3 is 2.74 bits per heavy atom. The Bertz CT molecular complexity index is 1470. The second-order valence-electron chi connectivity index (χ2n) is 9.52. The molecule has 0 unspecified atom stereocenters. The van der Waals surface area contributed by atoms with Crippen molar-refractivity contribution in [2.75, 3.05) is 31.2 Å². The van der Waals surface area contributed by atoms with E-state index in [4.69, 9.17) is 15.5 Å². The average Bonchev–Trinajstić information content (AvgIpc) is 3.55. The molecule has 0 aliphatic carbocycles. The summed E-state index contributed by atoms with van der Waals surface area (Å²) < 4.78 is 24.3. The normalized spacial score (nSPS) is 19.7.